The molecule has 2 aromatic carbocycles. The highest BCUT2D eigenvalue weighted by molar-refractivity contribution is 7.99. The number of rotatable bonds is 7. The Balaban J connectivity index is 1.49. The maximum atomic E-state index is 5.83. The van der Waals surface area contributed by atoms with Gasteiger partial charge in [-0.1, -0.05) is 23.4 Å². The molecule has 0 bridgehead atoms. The highest BCUT2D eigenvalue weighted by Crippen LogP contribution is 2.25. The number of ether oxygens (including phenoxy) is 2. The molecule has 3 rings (SSSR count). The Morgan fingerprint density at radius 1 is 1.00 bits per heavy atom. The lowest BCUT2D eigenvalue weighted by Gasteiger charge is -2.04. The molecule has 1 aromatic heterocycles. The minimum Gasteiger partial charge on any atom is -0.497 e. The Morgan fingerprint density at radius 3 is 2.42 bits per heavy atom. The predicted molar refractivity (Wildman–Crippen MR) is 94.0 cm³/mol. The highest BCUT2D eigenvalue weighted by Gasteiger charge is 2.09. The fourth-order valence-corrected chi connectivity index (χ4v) is 2.64. The van der Waals surface area contributed by atoms with E-state index in [1.165, 1.54) is 11.8 Å². The molecule has 0 unspecified atom stereocenters. The average Bonchev–Trinajstić information content (AvgIpc) is 3.09. The standard InChI is InChI=1S/C17H15ClN2O3S/c1-21-14-6-2-12(3-7-14)16-19-20-17(23-16)24-11-10-22-15-8-4-13(18)5-9-15/h2-9H,10-11H2,1H3. The van der Waals surface area contributed by atoms with Crippen LogP contribution in [0.5, 0.6) is 11.5 Å². The second kappa shape index (κ2) is 8.08. The van der Waals surface area contributed by atoms with Crippen molar-refractivity contribution >= 4 is 23.4 Å². The van der Waals surface area contributed by atoms with Gasteiger partial charge in [-0.2, -0.15) is 0 Å². The van der Waals surface area contributed by atoms with Gasteiger partial charge in [-0.15, -0.1) is 10.2 Å². The summed E-state index contributed by atoms with van der Waals surface area (Å²) in [6.45, 7) is 0.534. The maximum Gasteiger partial charge on any atom is 0.276 e. The van der Waals surface area contributed by atoms with Crippen LogP contribution in [0.4, 0.5) is 0 Å². The van der Waals surface area contributed by atoms with Gasteiger partial charge in [-0.3, -0.25) is 0 Å². The minimum atomic E-state index is 0.485. The Morgan fingerprint density at radius 2 is 1.71 bits per heavy atom. The van der Waals surface area contributed by atoms with Crippen LogP contribution < -0.4 is 9.47 Å². The van der Waals surface area contributed by atoms with E-state index in [9.17, 15) is 0 Å². The van der Waals surface area contributed by atoms with Crippen LogP contribution in [0.2, 0.25) is 5.02 Å². The summed E-state index contributed by atoms with van der Waals surface area (Å²) >= 11 is 7.28. The first-order chi connectivity index (χ1) is 11.7. The van der Waals surface area contributed by atoms with E-state index in [0.29, 0.717) is 28.5 Å². The SMILES string of the molecule is COc1ccc(-c2nnc(SCCOc3ccc(Cl)cc3)o2)cc1. The molecular weight excluding hydrogens is 348 g/mol. The maximum absolute atomic E-state index is 5.83. The van der Waals surface area contributed by atoms with E-state index in [2.05, 4.69) is 10.2 Å². The largest absolute Gasteiger partial charge is 0.497 e. The Bertz CT molecular complexity index is 775. The monoisotopic (exact) mass is 362 g/mol. The molecule has 24 heavy (non-hydrogen) atoms. The molecule has 1 heterocycles. The third-order valence-electron chi connectivity index (χ3n) is 3.13. The van der Waals surface area contributed by atoms with Crippen molar-refractivity contribution in [2.75, 3.05) is 19.5 Å². The summed E-state index contributed by atoms with van der Waals surface area (Å²) < 4.78 is 16.4. The molecule has 0 aliphatic heterocycles. The van der Waals surface area contributed by atoms with Crippen molar-refractivity contribution in [2.45, 2.75) is 5.22 Å². The molecular formula is C17H15ClN2O3S. The van der Waals surface area contributed by atoms with Crippen LogP contribution in [-0.2, 0) is 0 Å². The molecule has 0 radical (unpaired) electrons. The smallest absolute Gasteiger partial charge is 0.276 e. The second-order valence-corrected chi connectivity index (χ2v) is 6.24. The van der Waals surface area contributed by atoms with Crippen LogP contribution in [0.15, 0.2) is 58.2 Å². The van der Waals surface area contributed by atoms with Gasteiger partial charge in [0.15, 0.2) is 0 Å². The molecule has 0 amide bonds. The zero-order valence-corrected chi connectivity index (χ0v) is 14.5. The number of hydrogen-bond donors (Lipinski definition) is 0. The van der Waals surface area contributed by atoms with E-state index in [1.54, 1.807) is 19.2 Å². The van der Waals surface area contributed by atoms with Crippen LogP contribution in [0, 0.1) is 0 Å². The number of methoxy groups -OCH3 is 1. The van der Waals surface area contributed by atoms with Crippen LogP contribution in [0.3, 0.4) is 0 Å². The number of aromatic nitrogens is 2. The molecule has 0 fully saturated rings. The van der Waals surface area contributed by atoms with Gasteiger partial charge < -0.3 is 13.9 Å². The molecule has 0 saturated carbocycles. The van der Waals surface area contributed by atoms with Crippen LogP contribution in [0.1, 0.15) is 0 Å². The van der Waals surface area contributed by atoms with E-state index in [4.69, 9.17) is 25.5 Å². The van der Waals surface area contributed by atoms with Crippen molar-refractivity contribution in [1.82, 2.24) is 10.2 Å². The van der Waals surface area contributed by atoms with E-state index in [1.807, 2.05) is 36.4 Å². The van der Waals surface area contributed by atoms with Crippen molar-refractivity contribution < 1.29 is 13.9 Å². The van der Waals surface area contributed by atoms with Crippen LogP contribution >= 0.6 is 23.4 Å². The first-order valence-corrected chi connectivity index (χ1v) is 8.60. The summed E-state index contributed by atoms with van der Waals surface area (Å²) in [4.78, 5) is 0. The molecule has 0 aliphatic rings. The molecule has 0 spiro atoms. The van der Waals surface area contributed by atoms with Gasteiger partial charge in [0.1, 0.15) is 11.5 Å². The summed E-state index contributed by atoms with van der Waals surface area (Å²) in [7, 11) is 1.63. The average molecular weight is 363 g/mol. The van der Waals surface area contributed by atoms with E-state index in [-0.39, 0.29) is 0 Å². The highest BCUT2D eigenvalue weighted by atomic mass is 35.5. The van der Waals surface area contributed by atoms with Crippen molar-refractivity contribution in [3.63, 3.8) is 0 Å². The zero-order valence-electron chi connectivity index (χ0n) is 12.9. The summed E-state index contributed by atoms with van der Waals surface area (Å²) in [6.07, 6.45) is 0. The van der Waals surface area contributed by atoms with Gasteiger partial charge in [-0.25, -0.2) is 0 Å². The summed E-state index contributed by atoms with van der Waals surface area (Å²) in [6, 6.07) is 14.7. The molecule has 5 nitrogen and oxygen atoms in total. The minimum absolute atomic E-state index is 0.485. The van der Waals surface area contributed by atoms with E-state index < -0.39 is 0 Å². The molecule has 0 saturated heterocycles. The normalized spacial score (nSPS) is 10.6. The molecule has 0 aliphatic carbocycles. The van der Waals surface area contributed by atoms with Gasteiger partial charge >= 0.3 is 0 Å². The van der Waals surface area contributed by atoms with Gasteiger partial charge in [0, 0.05) is 16.3 Å². The fraction of sp³-hybridized carbons (Fsp3) is 0.176. The van der Waals surface area contributed by atoms with Gasteiger partial charge in [0.25, 0.3) is 5.22 Å². The third kappa shape index (κ3) is 4.43. The van der Waals surface area contributed by atoms with Crippen LogP contribution in [0.25, 0.3) is 11.5 Å². The quantitative estimate of drug-likeness (QED) is 0.453. The van der Waals surface area contributed by atoms with E-state index >= 15 is 0 Å². The summed E-state index contributed by atoms with van der Waals surface area (Å²) in [5.74, 6) is 2.75. The molecule has 7 heteroatoms. The zero-order chi connectivity index (χ0) is 16.8. The molecule has 3 aromatic rings. The molecule has 0 atom stereocenters. The predicted octanol–water partition coefficient (Wildman–Crippen LogP) is 4.57. The number of nitrogens with zero attached hydrogens (tertiary/aromatic N) is 2. The van der Waals surface area contributed by atoms with Gasteiger partial charge in [0.05, 0.1) is 13.7 Å². The van der Waals surface area contributed by atoms with Gasteiger partial charge in [0.2, 0.25) is 5.89 Å². The molecule has 0 N–H and O–H groups in total. The summed E-state index contributed by atoms with van der Waals surface area (Å²) in [5, 5.41) is 9.29. The van der Waals surface area contributed by atoms with E-state index in [0.717, 1.165) is 17.1 Å². The Hall–Kier alpha value is -2.18. The third-order valence-corrected chi connectivity index (χ3v) is 4.17. The topological polar surface area (TPSA) is 57.4 Å². The first kappa shape index (κ1) is 16.7. The number of halogens is 1. The first-order valence-electron chi connectivity index (χ1n) is 7.24. The lowest BCUT2D eigenvalue weighted by Crippen LogP contribution is -1.99. The van der Waals surface area contributed by atoms with Crippen molar-refractivity contribution in [3.8, 4) is 23.0 Å². The van der Waals surface area contributed by atoms with Crippen molar-refractivity contribution in [3.05, 3.63) is 53.6 Å². The number of benzene rings is 2. The lowest BCUT2D eigenvalue weighted by molar-refractivity contribution is 0.343. The van der Waals surface area contributed by atoms with Crippen molar-refractivity contribution in [1.29, 1.82) is 0 Å². The fourth-order valence-electron chi connectivity index (χ4n) is 1.94. The molecule has 124 valence electrons. The lowest BCUT2D eigenvalue weighted by atomic mass is 10.2. The Kier molecular flexibility index (Phi) is 5.61. The van der Waals surface area contributed by atoms with Gasteiger partial charge in [-0.05, 0) is 48.5 Å². The Labute approximate surface area is 148 Å². The second-order valence-electron chi connectivity index (χ2n) is 4.75. The number of thioether (sulfide) groups is 1. The van der Waals surface area contributed by atoms with Crippen LogP contribution in [-0.4, -0.2) is 29.7 Å². The summed E-state index contributed by atoms with van der Waals surface area (Å²) in [5.41, 5.74) is 0.854. The van der Waals surface area contributed by atoms with Crippen molar-refractivity contribution in [2.24, 2.45) is 0 Å². The number of hydrogen-bond acceptors (Lipinski definition) is 6.